The van der Waals surface area contributed by atoms with Gasteiger partial charge in [0.2, 0.25) is 0 Å². The van der Waals surface area contributed by atoms with Gasteiger partial charge in [0.1, 0.15) is 11.7 Å². The van der Waals surface area contributed by atoms with Crippen LogP contribution in [0.2, 0.25) is 0 Å². The summed E-state index contributed by atoms with van der Waals surface area (Å²) < 4.78 is 1.58. The second-order valence-electron chi connectivity index (χ2n) is 13.9. The minimum atomic E-state index is -0.188. The van der Waals surface area contributed by atoms with Crippen molar-refractivity contribution in [3.8, 4) is 28.3 Å². The quantitative estimate of drug-likeness (QED) is 0.137. The summed E-state index contributed by atoms with van der Waals surface area (Å²) in [5.74, 6) is 0. The lowest BCUT2D eigenvalue weighted by atomic mass is 9.88. The number of nitriles is 1. The molecule has 0 amide bonds. The van der Waals surface area contributed by atoms with Crippen LogP contribution < -0.4 is 15.4 Å². The standard InChI is InChI=1S/C51H37N5O.C2H6/c1-4-37(5-2)55(38-15-9-6-10-16-38)41-25-21-35(22-26-41)43-29-31-45-49-46(51(57)54-34(3)47(33-52)53-50(45)54)32-30-44(48(43)49)36-23-27-42(28-24-36)56(39-17-11-7-12-18-39)40-19-13-8-14-20-40;1-2/h4-32H,1H2,2-3H3;1-2H3/b37-5+;. The van der Waals surface area contributed by atoms with Gasteiger partial charge in [-0.15, -0.1) is 0 Å². The van der Waals surface area contributed by atoms with Crippen molar-refractivity contribution in [2.24, 2.45) is 0 Å². The van der Waals surface area contributed by atoms with Crippen LogP contribution in [0.4, 0.5) is 28.4 Å². The second-order valence-corrected chi connectivity index (χ2v) is 13.9. The smallest absolute Gasteiger partial charge is 0.264 e. The van der Waals surface area contributed by atoms with E-state index in [-0.39, 0.29) is 11.3 Å². The van der Waals surface area contributed by atoms with Crippen LogP contribution in [0, 0.1) is 18.3 Å². The first-order valence-electron chi connectivity index (χ1n) is 19.9. The Hall–Kier alpha value is -7.75. The van der Waals surface area contributed by atoms with E-state index in [9.17, 15) is 10.1 Å². The molecule has 2 aromatic heterocycles. The van der Waals surface area contributed by atoms with Crippen LogP contribution in [0.25, 0.3) is 49.4 Å². The van der Waals surface area contributed by atoms with Crippen molar-refractivity contribution in [1.29, 1.82) is 5.26 Å². The average molecular weight is 766 g/mol. The fraction of sp³-hybridized carbons (Fsp3) is 0.0755. The number of para-hydroxylation sites is 3. The molecule has 0 saturated heterocycles. The van der Waals surface area contributed by atoms with Gasteiger partial charge in [0.25, 0.3) is 5.56 Å². The molecule has 2 heterocycles. The maximum Gasteiger partial charge on any atom is 0.264 e. The van der Waals surface area contributed by atoms with Crippen LogP contribution in [0.15, 0.2) is 193 Å². The molecule has 0 spiro atoms. The van der Waals surface area contributed by atoms with E-state index in [4.69, 9.17) is 0 Å². The molecule has 0 N–H and O–H groups in total. The minimum Gasteiger partial charge on any atom is -0.311 e. The molecule has 0 aliphatic rings. The zero-order valence-corrected chi connectivity index (χ0v) is 33.6. The third-order valence-electron chi connectivity index (χ3n) is 10.7. The lowest BCUT2D eigenvalue weighted by Gasteiger charge is -2.26. The van der Waals surface area contributed by atoms with Crippen molar-refractivity contribution in [1.82, 2.24) is 9.38 Å². The first-order chi connectivity index (χ1) is 29.0. The van der Waals surface area contributed by atoms with Crippen molar-refractivity contribution in [2.75, 3.05) is 9.80 Å². The summed E-state index contributed by atoms with van der Waals surface area (Å²) in [6.07, 6.45) is 3.92. The first-order valence-corrected chi connectivity index (χ1v) is 19.9. The fourth-order valence-electron chi connectivity index (χ4n) is 8.04. The molecule has 7 aromatic carbocycles. The number of aryl methyl sites for hydroxylation is 1. The van der Waals surface area contributed by atoms with Crippen molar-refractivity contribution < 1.29 is 0 Å². The SMILES string of the molecule is C=C/C(=C\C)N(c1ccccc1)c1ccc(-c2ccc3c4c2c(-c2ccc(N(c5ccccc5)c5ccccc5)cc2)ccc4c(=O)n2c(C)c(C#N)nc32)cc1.CC. The Balaban J connectivity index is 0.00000238. The van der Waals surface area contributed by atoms with Crippen LogP contribution >= 0.6 is 0 Å². The number of anilines is 5. The predicted octanol–water partition coefficient (Wildman–Crippen LogP) is 13.7. The Morgan fingerprint density at radius 2 is 1.08 bits per heavy atom. The van der Waals surface area contributed by atoms with Gasteiger partial charge in [-0.1, -0.05) is 117 Å². The summed E-state index contributed by atoms with van der Waals surface area (Å²) in [5.41, 5.74) is 11.2. The van der Waals surface area contributed by atoms with Crippen LogP contribution in [-0.2, 0) is 0 Å². The summed E-state index contributed by atoms with van der Waals surface area (Å²) in [5, 5.41) is 13.1. The van der Waals surface area contributed by atoms with E-state index < -0.39 is 0 Å². The van der Waals surface area contributed by atoms with Crippen molar-refractivity contribution in [3.63, 3.8) is 0 Å². The highest BCUT2D eigenvalue weighted by atomic mass is 16.1. The molecule has 286 valence electrons. The predicted molar refractivity (Wildman–Crippen MR) is 247 cm³/mol. The van der Waals surface area contributed by atoms with Crippen molar-refractivity contribution >= 4 is 55.6 Å². The van der Waals surface area contributed by atoms with Gasteiger partial charge < -0.3 is 9.80 Å². The monoisotopic (exact) mass is 765 g/mol. The molecule has 0 fully saturated rings. The number of fused-ring (bicyclic) bond motifs is 2. The number of benzene rings is 7. The van der Waals surface area contributed by atoms with Crippen LogP contribution in [0.5, 0.6) is 0 Å². The number of rotatable bonds is 9. The Kier molecular flexibility index (Phi) is 10.6. The van der Waals surface area contributed by atoms with E-state index in [0.29, 0.717) is 16.7 Å². The van der Waals surface area contributed by atoms with Gasteiger partial charge >= 0.3 is 0 Å². The fourth-order valence-corrected chi connectivity index (χ4v) is 8.04. The minimum absolute atomic E-state index is 0.188. The highest BCUT2D eigenvalue weighted by Crippen LogP contribution is 2.43. The van der Waals surface area contributed by atoms with Gasteiger partial charge in [0, 0.05) is 50.3 Å². The third kappa shape index (κ3) is 6.69. The zero-order valence-electron chi connectivity index (χ0n) is 33.6. The van der Waals surface area contributed by atoms with Gasteiger partial charge in [0.15, 0.2) is 5.69 Å². The number of pyridine rings is 1. The number of nitrogens with zero attached hydrogens (tertiary/aromatic N) is 5. The molecule has 0 aliphatic heterocycles. The topological polar surface area (TPSA) is 64.6 Å². The molecule has 9 aromatic rings. The molecule has 6 nitrogen and oxygen atoms in total. The maximum absolute atomic E-state index is 14.3. The summed E-state index contributed by atoms with van der Waals surface area (Å²) in [6, 6.07) is 58.4. The van der Waals surface area contributed by atoms with E-state index in [1.54, 1.807) is 11.3 Å². The van der Waals surface area contributed by atoms with E-state index in [0.717, 1.165) is 72.5 Å². The average Bonchev–Trinajstić information content (AvgIpc) is 3.65. The van der Waals surface area contributed by atoms with Gasteiger partial charge in [-0.2, -0.15) is 5.26 Å². The summed E-state index contributed by atoms with van der Waals surface area (Å²) in [6.45, 7) is 11.9. The molecule has 0 aliphatic carbocycles. The summed E-state index contributed by atoms with van der Waals surface area (Å²) >= 11 is 0. The van der Waals surface area contributed by atoms with Gasteiger partial charge in [-0.05, 0) is 120 Å². The normalized spacial score (nSPS) is 11.3. The van der Waals surface area contributed by atoms with Crippen molar-refractivity contribution in [2.45, 2.75) is 27.7 Å². The van der Waals surface area contributed by atoms with Gasteiger partial charge in [0.05, 0.1) is 5.69 Å². The highest BCUT2D eigenvalue weighted by Gasteiger charge is 2.23. The Bertz CT molecular complexity index is 3020. The number of imidazole rings is 1. The lowest BCUT2D eigenvalue weighted by Crippen LogP contribution is -2.15. The molecule has 9 rings (SSSR count). The molecular weight excluding hydrogens is 723 g/mol. The van der Waals surface area contributed by atoms with E-state index in [1.165, 1.54) is 0 Å². The van der Waals surface area contributed by atoms with E-state index in [1.807, 2.05) is 69.3 Å². The third-order valence-corrected chi connectivity index (χ3v) is 10.7. The largest absolute Gasteiger partial charge is 0.311 e. The Morgan fingerprint density at radius 3 is 1.58 bits per heavy atom. The van der Waals surface area contributed by atoms with Crippen LogP contribution in [-0.4, -0.2) is 9.38 Å². The molecular formula is C53H43N5O. The first kappa shape index (κ1) is 38.1. The second kappa shape index (κ2) is 16.4. The van der Waals surface area contributed by atoms with Crippen molar-refractivity contribution in [3.05, 3.63) is 210 Å². The number of aromatic nitrogens is 2. The molecule has 0 bridgehead atoms. The van der Waals surface area contributed by atoms with Crippen LogP contribution in [0.3, 0.4) is 0 Å². The molecule has 6 heteroatoms. The number of allylic oxidation sites excluding steroid dienone is 2. The molecule has 0 saturated carbocycles. The molecule has 0 radical (unpaired) electrons. The maximum atomic E-state index is 14.3. The van der Waals surface area contributed by atoms with E-state index >= 15 is 0 Å². The Labute approximate surface area is 344 Å². The molecule has 59 heavy (non-hydrogen) atoms. The Morgan fingerprint density at radius 1 is 0.627 bits per heavy atom. The van der Waals surface area contributed by atoms with E-state index in [2.05, 4.69) is 155 Å². The lowest BCUT2D eigenvalue weighted by molar-refractivity contribution is 1.07. The zero-order chi connectivity index (χ0) is 41.0. The highest BCUT2D eigenvalue weighted by molar-refractivity contribution is 6.23. The number of hydrogen-bond donors (Lipinski definition) is 0. The summed E-state index contributed by atoms with van der Waals surface area (Å²) in [4.78, 5) is 23.4. The molecule has 0 atom stereocenters. The van der Waals surface area contributed by atoms with Gasteiger partial charge in [-0.25, -0.2) is 4.98 Å². The number of hydrogen-bond acceptors (Lipinski definition) is 5. The van der Waals surface area contributed by atoms with Gasteiger partial charge in [-0.3, -0.25) is 9.20 Å². The summed E-state index contributed by atoms with van der Waals surface area (Å²) in [7, 11) is 0. The molecule has 0 unspecified atom stereocenters. The van der Waals surface area contributed by atoms with Crippen LogP contribution in [0.1, 0.15) is 32.2 Å².